The van der Waals surface area contributed by atoms with Crippen LogP contribution in [0, 0.1) is 0 Å². The number of aromatic amines is 1. The molecule has 0 saturated heterocycles. The monoisotopic (exact) mass is 209 g/mol. The van der Waals surface area contributed by atoms with Crippen LogP contribution in [-0.2, 0) is 0 Å². The molecule has 6 heteroatoms. The molecule has 0 amide bonds. The molecule has 1 aliphatic rings. The van der Waals surface area contributed by atoms with E-state index in [4.69, 9.17) is 0 Å². The topological polar surface area (TPSA) is 82.7 Å². The van der Waals surface area contributed by atoms with Crippen molar-refractivity contribution in [2.24, 2.45) is 0 Å². The van der Waals surface area contributed by atoms with Gasteiger partial charge >= 0.3 is 5.69 Å². The van der Waals surface area contributed by atoms with Crippen LogP contribution in [-0.4, -0.2) is 27.0 Å². The highest BCUT2D eigenvalue weighted by atomic mass is 16.1. The molecule has 0 aliphatic heterocycles. The molecule has 15 heavy (non-hydrogen) atoms. The first-order valence-electron chi connectivity index (χ1n) is 5.15. The highest BCUT2D eigenvalue weighted by Gasteiger charge is 2.22. The van der Waals surface area contributed by atoms with Gasteiger partial charge in [0, 0.05) is 12.1 Å². The summed E-state index contributed by atoms with van der Waals surface area (Å²) in [6, 6.07) is 0.669. The standard InChI is InChI=1S/C9H15N5O/c1-5(2)10-7-12-8(11-6-3-4-6)14-9(15)13-7/h5-6H,3-4H2,1-2H3,(H3,10,11,12,13,14,15). The third kappa shape index (κ3) is 2.93. The molecule has 1 fully saturated rings. The van der Waals surface area contributed by atoms with Gasteiger partial charge in [-0.3, -0.25) is 4.98 Å². The Morgan fingerprint density at radius 3 is 2.73 bits per heavy atom. The van der Waals surface area contributed by atoms with Crippen LogP contribution in [0.2, 0.25) is 0 Å². The Morgan fingerprint density at radius 2 is 2.13 bits per heavy atom. The largest absolute Gasteiger partial charge is 0.353 e. The minimum atomic E-state index is -0.378. The minimum Gasteiger partial charge on any atom is -0.353 e. The lowest BCUT2D eigenvalue weighted by Crippen LogP contribution is -2.21. The van der Waals surface area contributed by atoms with Crippen molar-refractivity contribution in [3.63, 3.8) is 0 Å². The van der Waals surface area contributed by atoms with Crippen LogP contribution >= 0.6 is 0 Å². The lowest BCUT2D eigenvalue weighted by Gasteiger charge is -2.09. The Labute approximate surface area is 87.5 Å². The number of hydrogen-bond donors (Lipinski definition) is 3. The Kier molecular flexibility index (Phi) is 2.57. The molecule has 0 bridgehead atoms. The molecule has 0 aromatic carbocycles. The second-order valence-electron chi connectivity index (χ2n) is 4.04. The summed E-state index contributed by atoms with van der Waals surface area (Å²) in [6.45, 7) is 3.96. The maximum atomic E-state index is 11.2. The van der Waals surface area contributed by atoms with Crippen molar-refractivity contribution in [2.75, 3.05) is 10.6 Å². The van der Waals surface area contributed by atoms with Gasteiger partial charge in [-0.15, -0.1) is 0 Å². The molecular weight excluding hydrogens is 194 g/mol. The van der Waals surface area contributed by atoms with Crippen LogP contribution in [0.1, 0.15) is 26.7 Å². The third-order valence-electron chi connectivity index (χ3n) is 1.99. The third-order valence-corrected chi connectivity index (χ3v) is 1.99. The van der Waals surface area contributed by atoms with E-state index in [9.17, 15) is 4.79 Å². The molecule has 3 N–H and O–H groups in total. The first kappa shape index (κ1) is 9.95. The highest BCUT2D eigenvalue weighted by Crippen LogP contribution is 2.22. The second-order valence-corrected chi connectivity index (χ2v) is 4.04. The van der Waals surface area contributed by atoms with E-state index in [0.29, 0.717) is 17.9 Å². The van der Waals surface area contributed by atoms with E-state index in [-0.39, 0.29) is 11.7 Å². The second kappa shape index (κ2) is 3.88. The summed E-state index contributed by atoms with van der Waals surface area (Å²) >= 11 is 0. The molecule has 82 valence electrons. The fourth-order valence-electron chi connectivity index (χ4n) is 1.20. The summed E-state index contributed by atoms with van der Waals surface area (Å²) < 4.78 is 0. The van der Waals surface area contributed by atoms with E-state index in [2.05, 4.69) is 25.6 Å². The average Bonchev–Trinajstić information content (AvgIpc) is 2.85. The van der Waals surface area contributed by atoms with Crippen molar-refractivity contribution in [1.29, 1.82) is 0 Å². The number of hydrogen-bond acceptors (Lipinski definition) is 5. The van der Waals surface area contributed by atoms with Gasteiger partial charge in [0.2, 0.25) is 11.9 Å². The summed E-state index contributed by atoms with van der Waals surface area (Å²) in [6.07, 6.45) is 2.26. The fourth-order valence-corrected chi connectivity index (χ4v) is 1.20. The molecule has 1 aromatic rings. The van der Waals surface area contributed by atoms with Crippen LogP contribution in [0.25, 0.3) is 0 Å². The van der Waals surface area contributed by atoms with Crippen LogP contribution < -0.4 is 16.3 Å². The molecule has 1 heterocycles. The van der Waals surface area contributed by atoms with Gasteiger partial charge in [-0.1, -0.05) is 0 Å². The van der Waals surface area contributed by atoms with Gasteiger partial charge in [-0.2, -0.15) is 9.97 Å². The number of aromatic nitrogens is 3. The van der Waals surface area contributed by atoms with Gasteiger partial charge in [0.05, 0.1) is 0 Å². The van der Waals surface area contributed by atoms with Gasteiger partial charge in [0.1, 0.15) is 0 Å². The number of nitrogens with one attached hydrogen (secondary N) is 3. The smallest absolute Gasteiger partial charge is 0.350 e. The molecular formula is C9H15N5O. The van der Waals surface area contributed by atoms with Crippen molar-refractivity contribution in [3.8, 4) is 0 Å². The molecule has 1 saturated carbocycles. The number of anilines is 2. The van der Waals surface area contributed by atoms with Crippen LogP contribution in [0.4, 0.5) is 11.9 Å². The first-order valence-corrected chi connectivity index (χ1v) is 5.15. The Morgan fingerprint density at radius 1 is 1.40 bits per heavy atom. The summed E-state index contributed by atoms with van der Waals surface area (Å²) in [5.74, 6) is 0.873. The van der Waals surface area contributed by atoms with Crippen molar-refractivity contribution in [2.45, 2.75) is 38.8 Å². The predicted molar refractivity (Wildman–Crippen MR) is 58.1 cm³/mol. The average molecular weight is 209 g/mol. The molecule has 0 atom stereocenters. The van der Waals surface area contributed by atoms with E-state index in [1.54, 1.807) is 0 Å². The zero-order valence-electron chi connectivity index (χ0n) is 8.87. The summed E-state index contributed by atoms with van der Waals surface area (Å²) in [4.78, 5) is 21.7. The zero-order chi connectivity index (χ0) is 10.8. The predicted octanol–water partition coefficient (Wildman–Crippen LogP) is 0.559. The summed E-state index contributed by atoms with van der Waals surface area (Å²) in [5, 5.41) is 6.12. The molecule has 1 aliphatic carbocycles. The maximum Gasteiger partial charge on any atom is 0.350 e. The number of nitrogens with zero attached hydrogens (tertiary/aromatic N) is 2. The Bertz CT molecular complexity index is 370. The van der Waals surface area contributed by atoms with E-state index in [0.717, 1.165) is 12.8 Å². The first-order chi connectivity index (χ1) is 7.13. The lowest BCUT2D eigenvalue weighted by molar-refractivity contribution is 0.855. The Hall–Kier alpha value is -1.59. The van der Waals surface area contributed by atoms with E-state index in [1.165, 1.54) is 0 Å². The van der Waals surface area contributed by atoms with E-state index in [1.807, 2.05) is 13.8 Å². The van der Waals surface area contributed by atoms with Crippen LogP contribution in [0.3, 0.4) is 0 Å². The molecule has 0 radical (unpaired) electrons. The van der Waals surface area contributed by atoms with Gasteiger partial charge in [0.25, 0.3) is 0 Å². The summed E-state index contributed by atoms with van der Waals surface area (Å²) in [5.41, 5.74) is -0.378. The number of rotatable bonds is 4. The van der Waals surface area contributed by atoms with Gasteiger partial charge in [-0.05, 0) is 26.7 Å². The SMILES string of the molecule is CC(C)Nc1nc(NC2CC2)nc(=O)[nH]1. The molecule has 0 unspecified atom stereocenters. The van der Waals surface area contributed by atoms with Crippen LogP contribution in [0.15, 0.2) is 4.79 Å². The van der Waals surface area contributed by atoms with Crippen molar-refractivity contribution in [1.82, 2.24) is 15.0 Å². The summed E-state index contributed by atoms with van der Waals surface area (Å²) in [7, 11) is 0. The van der Waals surface area contributed by atoms with E-state index >= 15 is 0 Å². The van der Waals surface area contributed by atoms with E-state index < -0.39 is 0 Å². The van der Waals surface area contributed by atoms with Gasteiger partial charge in [-0.25, -0.2) is 4.79 Å². The molecule has 2 rings (SSSR count). The normalized spacial score (nSPS) is 15.4. The molecule has 6 nitrogen and oxygen atoms in total. The molecule has 1 aromatic heterocycles. The van der Waals surface area contributed by atoms with Crippen LogP contribution in [0.5, 0.6) is 0 Å². The van der Waals surface area contributed by atoms with Gasteiger partial charge < -0.3 is 10.6 Å². The van der Waals surface area contributed by atoms with Crippen molar-refractivity contribution >= 4 is 11.9 Å². The molecule has 0 spiro atoms. The minimum absolute atomic E-state index is 0.226. The van der Waals surface area contributed by atoms with Gasteiger partial charge in [0.15, 0.2) is 0 Å². The maximum absolute atomic E-state index is 11.2. The Balaban J connectivity index is 2.15. The lowest BCUT2D eigenvalue weighted by atomic mass is 10.4. The van der Waals surface area contributed by atoms with Crippen molar-refractivity contribution in [3.05, 3.63) is 10.5 Å². The number of H-pyrrole nitrogens is 1. The van der Waals surface area contributed by atoms with Crippen molar-refractivity contribution < 1.29 is 0 Å². The highest BCUT2D eigenvalue weighted by molar-refractivity contribution is 5.34. The zero-order valence-corrected chi connectivity index (χ0v) is 8.87. The quantitative estimate of drug-likeness (QED) is 0.675. The fraction of sp³-hybridized carbons (Fsp3) is 0.667.